The first-order chi connectivity index (χ1) is 14.0. The molecule has 0 radical (unpaired) electrons. The van der Waals surface area contributed by atoms with E-state index in [0.717, 1.165) is 11.4 Å². The lowest BCUT2D eigenvalue weighted by atomic mass is 10.2. The van der Waals surface area contributed by atoms with Crippen molar-refractivity contribution in [2.45, 2.75) is 12.5 Å². The van der Waals surface area contributed by atoms with Crippen LogP contribution >= 0.6 is 11.6 Å². The number of carbonyl (C=O) groups excluding carboxylic acids is 2. The Bertz CT molecular complexity index is 883. The van der Waals surface area contributed by atoms with E-state index in [2.05, 4.69) is 10.2 Å². The minimum atomic E-state index is -0.259. The molecule has 8 heteroatoms. The van der Waals surface area contributed by atoms with E-state index in [1.165, 1.54) is 12.1 Å². The molecule has 0 aliphatic carbocycles. The minimum absolute atomic E-state index is 0.0150. The van der Waals surface area contributed by atoms with Crippen molar-refractivity contribution >= 4 is 34.9 Å². The first kappa shape index (κ1) is 19.5. The maximum absolute atomic E-state index is 13.1. The molecular weight excluding hydrogens is 395 g/mol. The molecule has 4 rings (SSSR count). The van der Waals surface area contributed by atoms with Gasteiger partial charge in [0.25, 0.3) is 0 Å². The average Bonchev–Trinajstić information content (AvgIpc) is 3.09. The second-order valence-electron chi connectivity index (χ2n) is 7.28. The monoisotopic (exact) mass is 416 g/mol. The van der Waals surface area contributed by atoms with Crippen LogP contribution in [-0.2, 0) is 4.79 Å². The lowest BCUT2D eigenvalue weighted by Crippen LogP contribution is -2.53. The third kappa shape index (κ3) is 4.45. The van der Waals surface area contributed by atoms with Gasteiger partial charge in [0.05, 0.1) is 6.04 Å². The van der Waals surface area contributed by atoms with Crippen molar-refractivity contribution in [1.29, 1.82) is 0 Å². The van der Waals surface area contributed by atoms with Crippen LogP contribution in [0.25, 0.3) is 0 Å². The molecule has 2 aliphatic rings. The lowest BCUT2D eigenvalue weighted by molar-refractivity contribution is -0.117. The van der Waals surface area contributed by atoms with Crippen LogP contribution in [-0.4, -0.2) is 55.6 Å². The lowest BCUT2D eigenvalue weighted by Gasteiger charge is -2.36. The Morgan fingerprint density at radius 2 is 1.59 bits per heavy atom. The van der Waals surface area contributed by atoms with Crippen LogP contribution in [0.1, 0.15) is 6.42 Å². The summed E-state index contributed by atoms with van der Waals surface area (Å²) in [6, 6.07) is 13.1. The Morgan fingerprint density at radius 3 is 2.24 bits per heavy atom. The van der Waals surface area contributed by atoms with Crippen LogP contribution in [0, 0.1) is 5.82 Å². The highest BCUT2D eigenvalue weighted by Gasteiger charge is 2.33. The highest BCUT2D eigenvalue weighted by Crippen LogP contribution is 2.23. The molecule has 1 atom stereocenters. The molecule has 2 heterocycles. The van der Waals surface area contributed by atoms with E-state index < -0.39 is 0 Å². The van der Waals surface area contributed by atoms with Crippen molar-refractivity contribution in [3.8, 4) is 0 Å². The van der Waals surface area contributed by atoms with Gasteiger partial charge >= 0.3 is 6.03 Å². The maximum atomic E-state index is 13.1. The van der Waals surface area contributed by atoms with E-state index in [-0.39, 0.29) is 30.2 Å². The van der Waals surface area contributed by atoms with Gasteiger partial charge in [-0.15, -0.1) is 0 Å². The van der Waals surface area contributed by atoms with E-state index in [1.54, 1.807) is 46.2 Å². The standard InChI is InChI=1S/C21H22ClFN4O2/c22-15-1-5-19(6-2-15)27-14-17(13-20(27)28)24-21(29)26-11-9-25(10-12-26)18-7-3-16(23)4-8-18/h1-8,17H,9-14H2,(H,24,29). The van der Waals surface area contributed by atoms with Crippen molar-refractivity contribution in [3.05, 3.63) is 59.4 Å². The molecule has 0 bridgehead atoms. The van der Waals surface area contributed by atoms with E-state index >= 15 is 0 Å². The van der Waals surface area contributed by atoms with Gasteiger partial charge < -0.3 is 20.0 Å². The number of rotatable bonds is 3. The van der Waals surface area contributed by atoms with Crippen molar-refractivity contribution in [2.75, 3.05) is 42.5 Å². The van der Waals surface area contributed by atoms with E-state index in [4.69, 9.17) is 11.6 Å². The van der Waals surface area contributed by atoms with Crippen molar-refractivity contribution in [3.63, 3.8) is 0 Å². The van der Waals surface area contributed by atoms with E-state index in [0.29, 0.717) is 37.7 Å². The Morgan fingerprint density at radius 1 is 0.966 bits per heavy atom. The molecule has 6 nitrogen and oxygen atoms in total. The van der Waals surface area contributed by atoms with Gasteiger partial charge in [-0.25, -0.2) is 9.18 Å². The number of nitrogens with zero attached hydrogens (tertiary/aromatic N) is 3. The molecule has 0 saturated carbocycles. The Labute approximate surface area is 173 Å². The molecule has 2 aromatic carbocycles. The molecule has 1 N–H and O–H groups in total. The molecule has 29 heavy (non-hydrogen) atoms. The number of halogens is 2. The first-order valence-electron chi connectivity index (χ1n) is 9.61. The fraction of sp³-hybridized carbons (Fsp3) is 0.333. The molecule has 2 aromatic rings. The molecule has 2 fully saturated rings. The summed E-state index contributed by atoms with van der Waals surface area (Å²) in [4.78, 5) is 30.5. The van der Waals surface area contributed by atoms with Gasteiger partial charge in [0.2, 0.25) is 5.91 Å². The molecule has 0 aromatic heterocycles. The number of hydrogen-bond donors (Lipinski definition) is 1. The Kier molecular flexibility index (Phi) is 5.58. The number of benzene rings is 2. The highest BCUT2D eigenvalue weighted by molar-refractivity contribution is 6.30. The Balaban J connectivity index is 1.29. The van der Waals surface area contributed by atoms with Crippen LogP contribution in [0.5, 0.6) is 0 Å². The summed E-state index contributed by atoms with van der Waals surface area (Å²) < 4.78 is 13.1. The smallest absolute Gasteiger partial charge is 0.317 e. The third-order valence-corrected chi connectivity index (χ3v) is 5.60. The predicted octanol–water partition coefficient (Wildman–Crippen LogP) is 3.12. The highest BCUT2D eigenvalue weighted by atomic mass is 35.5. The first-order valence-corrected chi connectivity index (χ1v) is 9.99. The second kappa shape index (κ2) is 8.29. The third-order valence-electron chi connectivity index (χ3n) is 5.35. The minimum Gasteiger partial charge on any atom is -0.368 e. The normalized spacial score (nSPS) is 19.6. The number of nitrogens with one attached hydrogen (secondary N) is 1. The Hall–Kier alpha value is -2.80. The topological polar surface area (TPSA) is 55.9 Å². The summed E-state index contributed by atoms with van der Waals surface area (Å²) in [6.45, 7) is 2.95. The SMILES string of the molecule is O=C(NC1CC(=O)N(c2ccc(Cl)cc2)C1)N1CCN(c2ccc(F)cc2)CC1. The van der Waals surface area contributed by atoms with E-state index in [9.17, 15) is 14.0 Å². The molecule has 0 spiro atoms. The molecule has 3 amide bonds. The fourth-order valence-electron chi connectivity index (χ4n) is 3.76. The number of piperazine rings is 1. The average molecular weight is 417 g/mol. The summed E-state index contributed by atoms with van der Waals surface area (Å²) in [7, 11) is 0. The number of hydrogen-bond acceptors (Lipinski definition) is 3. The van der Waals surface area contributed by atoms with E-state index in [1.807, 2.05) is 0 Å². The zero-order valence-corrected chi connectivity index (χ0v) is 16.6. The quantitative estimate of drug-likeness (QED) is 0.836. The second-order valence-corrected chi connectivity index (χ2v) is 7.72. The molecule has 152 valence electrons. The van der Waals surface area contributed by atoms with Gasteiger partial charge in [0, 0.05) is 55.5 Å². The summed E-state index contributed by atoms with van der Waals surface area (Å²) in [5, 5.41) is 3.60. The van der Waals surface area contributed by atoms with Gasteiger partial charge in [0.15, 0.2) is 0 Å². The van der Waals surface area contributed by atoms with Crippen LogP contribution in [0.3, 0.4) is 0 Å². The number of carbonyl (C=O) groups is 2. The number of amides is 3. The summed E-state index contributed by atoms with van der Waals surface area (Å²) in [5.74, 6) is -0.274. The van der Waals surface area contributed by atoms with Crippen molar-refractivity contribution < 1.29 is 14.0 Å². The largest absolute Gasteiger partial charge is 0.368 e. The van der Waals surface area contributed by atoms with Crippen molar-refractivity contribution in [1.82, 2.24) is 10.2 Å². The molecular formula is C21H22ClFN4O2. The molecule has 1 unspecified atom stereocenters. The zero-order chi connectivity index (χ0) is 20.4. The zero-order valence-electron chi connectivity index (χ0n) is 15.9. The van der Waals surface area contributed by atoms with Crippen LogP contribution < -0.4 is 15.1 Å². The summed E-state index contributed by atoms with van der Waals surface area (Å²) >= 11 is 5.91. The van der Waals surface area contributed by atoms with Crippen LogP contribution in [0.15, 0.2) is 48.5 Å². The predicted molar refractivity (Wildman–Crippen MR) is 111 cm³/mol. The summed E-state index contributed by atoms with van der Waals surface area (Å²) in [6.07, 6.45) is 0.282. The van der Waals surface area contributed by atoms with Crippen LogP contribution in [0.2, 0.25) is 5.02 Å². The van der Waals surface area contributed by atoms with Gasteiger partial charge in [-0.1, -0.05) is 11.6 Å². The maximum Gasteiger partial charge on any atom is 0.317 e. The van der Waals surface area contributed by atoms with Crippen LogP contribution in [0.4, 0.5) is 20.6 Å². The number of anilines is 2. The number of urea groups is 1. The molecule has 2 aliphatic heterocycles. The fourth-order valence-corrected chi connectivity index (χ4v) is 3.89. The molecule has 2 saturated heterocycles. The van der Waals surface area contributed by atoms with Gasteiger partial charge in [0.1, 0.15) is 5.82 Å². The van der Waals surface area contributed by atoms with Gasteiger partial charge in [-0.2, -0.15) is 0 Å². The van der Waals surface area contributed by atoms with Crippen molar-refractivity contribution in [2.24, 2.45) is 0 Å². The van der Waals surface area contributed by atoms with Gasteiger partial charge in [-0.05, 0) is 48.5 Å². The summed E-state index contributed by atoms with van der Waals surface area (Å²) in [5.41, 5.74) is 1.73. The van der Waals surface area contributed by atoms with Gasteiger partial charge in [-0.3, -0.25) is 4.79 Å².